The van der Waals surface area contributed by atoms with Crippen LogP contribution in [0.4, 0.5) is 0 Å². The van der Waals surface area contributed by atoms with Crippen LogP contribution >= 0.6 is 23.5 Å². The Labute approximate surface area is 114 Å². The van der Waals surface area contributed by atoms with Gasteiger partial charge in [-0.2, -0.15) is 0 Å². The zero-order valence-electron chi connectivity index (χ0n) is 9.96. The number of hydrogen-bond acceptors (Lipinski definition) is 4. The number of fused-ring (bicyclic) bond motifs is 1. The molecule has 1 aromatic carbocycles. The molecule has 0 unspecified atom stereocenters. The average molecular weight is 279 g/mol. The largest absolute Gasteiger partial charge is 0.270 e. The summed E-state index contributed by atoms with van der Waals surface area (Å²) in [5.41, 5.74) is 1.09. The van der Waals surface area contributed by atoms with E-state index < -0.39 is 0 Å². The number of thioether (sulfide) groups is 2. The highest BCUT2D eigenvalue weighted by Gasteiger charge is 2.41. The maximum atomic E-state index is 12.3. The standard InChI is InChI=1S/C13H13NO2S2/c1-8(13-17-6-7-18-13)14-11(15)9-4-2-3-5-10(9)12(14)16/h2-5,8,13H,6-7H2,1H3/t8-/m1/s1. The van der Waals surface area contributed by atoms with Crippen molar-refractivity contribution in [1.82, 2.24) is 4.90 Å². The van der Waals surface area contributed by atoms with Crippen molar-refractivity contribution in [3.8, 4) is 0 Å². The van der Waals surface area contributed by atoms with Gasteiger partial charge in [-0.05, 0) is 19.1 Å². The molecular weight excluding hydrogens is 266 g/mol. The minimum absolute atomic E-state index is 0.0464. The number of hydrogen-bond donors (Lipinski definition) is 0. The third-order valence-electron chi connectivity index (χ3n) is 3.27. The van der Waals surface area contributed by atoms with Gasteiger partial charge in [0.15, 0.2) is 0 Å². The third-order valence-corrected chi connectivity index (χ3v) is 6.67. The zero-order valence-corrected chi connectivity index (χ0v) is 11.6. The number of carbonyl (C=O) groups excluding carboxylic acids is 2. The van der Waals surface area contributed by atoms with Crippen molar-refractivity contribution in [3.63, 3.8) is 0 Å². The summed E-state index contributed by atoms with van der Waals surface area (Å²) in [7, 11) is 0. The topological polar surface area (TPSA) is 37.4 Å². The van der Waals surface area contributed by atoms with Crippen LogP contribution in [0.3, 0.4) is 0 Å². The van der Waals surface area contributed by atoms with E-state index in [1.807, 2.05) is 30.4 Å². The van der Waals surface area contributed by atoms with Crippen LogP contribution in [-0.2, 0) is 0 Å². The lowest BCUT2D eigenvalue weighted by atomic mass is 10.1. The lowest BCUT2D eigenvalue weighted by Crippen LogP contribution is -2.42. The van der Waals surface area contributed by atoms with Gasteiger partial charge in [-0.15, -0.1) is 23.5 Å². The Morgan fingerprint density at radius 1 is 1.11 bits per heavy atom. The number of benzene rings is 1. The summed E-state index contributed by atoms with van der Waals surface area (Å²) < 4.78 is 0.312. The van der Waals surface area contributed by atoms with Crippen molar-refractivity contribution in [2.24, 2.45) is 0 Å². The molecule has 2 aliphatic heterocycles. The molecule has 1 aromatic rings. The predicted molar refractivity (Wildman–Crippen MR) is 75.1 cm³/mol. The molecule has 3 rings (SSSR count). The van der Waals surface area contributed by atoms with Crippen LogP contribution in [-0.4, -0.2) is 38.8 Å². The molecule has 0 saturated carbocycles. The lowest BCUT2D eigenvalue weighted by molar-refractivity contribution is 0.0607. The van der Waals surface area contributed by atoms with Crippen LogP contribution in [0.5, 0.6) is 0 Å². The highest BCUT2D eigenvalue weighted by atomic mass is 32.2. The predicted octanol–water partition coefficient (Wildman–Crippen LogP) is 2.48. The number of carbonyl (C=O) groups is 2. The molecule has 5 heteroatoms. The Morgan fingerprint density at radius 2 is 1.61 bits per heavy atom. The molecule has 2 heterocycles. The monoisotopic (exact) mass is 279 g/mol. The van der Waals surface area contributed by atoms with E-state index in [2.05, 4.69) is 0 Å². The number of rotatable bonds is 2. The average Bonchev–Trinajstić information content (AvgIpc) is 2.99. The lowest BCUT2D eigenvalue weighted by Gasteiger charge is -2.26. The molecule has 3 nitrogen and oxygen atoms in total. The van der Waals surface area contributed by atoms with Gasteiger partial charge < -0.3 is 0 Å². The van der Waals surface area contributed by atoms with Gasteiger partial charge in [0.2, 0.25) is 0 Å². The van der Waals surface area contributed by atoms with Gasteiger partial charge >= 0.3 is 0 Å². The Balaban J connectivity index is 1.91. The molecule has 1 fully saturated rings. The highest BCUT2D eigenvalue weighted by molar-refractivity contribution is 8.20. The molecule has 1 atom stereocenters. The maximum absolute atomic E-state index is 12.3. The summed E-state index contributed by atoms with van der Waals surface area (Å²) in [6, 6.07) is 7.03. The fraction of sp³-hybridized carbons (Fsp3) is 0.385. The summed E-state index contributed by atoms with van der Waals surface area (Å²) in [4.78, 5) is 26.0. The van der Waals surface area contributed by atoms with Crippen molar-refractivity contribution in [2.45, 2.75) is 17.5 Å². The SMILES string of the molecule is C[C@H](C1SCCS1)N1C(=O)c2ccccc2C1=O. The summed E-state index contributed by atoms with van der Waals surface area (Å²) in [5, 5.41) is 0. The highest BCUT2D eigenvalue weighted by Crippen LogP contribution is 2.38. The van der Waals surface area contributed by atoms with E-state index in [1.54, 1.807) is 24.3 Å². The first-order valence-corrected chi connectivity index (χ1v) is 8.00. The van der Waals surface area contributed by atoms with Gasteiger partial charge in [-0.1, -0.05) is 12.1 Å². The van der Waals surface area contributed by atoms with E-state index in [0.29, 0.717) is 15.7 Å². The molecule has 0 radical (unpaired) electrons. The molecule has 0 bridgehead atoms. The fourth-order valence-corrected chi connectivity index (χ4v) is 5.35. The second-order valence-electron chi connectivity index (χ2n) is 4.38. The van der Waals surface area contributed by atoms with Gasteiger partial charge in [-0.25, -0.2) is 0 Å². The number of nitrogens with zero attached hydrogens (tertiary/aromatic N) is 1. The molecular formula is C13H13NO2S2. The summed E-state index contributed by atoms with van der Waals surface area (Å²) >= 11 is 3.67. The normalized spacial score (nSPS) is 21.5. The van der Waals surface area contributed by atoms with Crippen molar-refractivity contribution < 1.29 is 9.59 Å². The second-order valence-corrected chi connectivity index (χ2v) is 7.17. The molecule has 0 spiro atoms. The van der Waals surface area contributed by atoms with Crippen LogP contribution < -0.4 is 0 Å². The van der Waals surface area contributed by atoms with Crippen molar-refractivity contribution in [2.75, 3.05) is 11.5 Å². The fourth-order valence-electron chi connectivity index (χ4n) is 2.35. The molecule has 0 aliphatic carbocycles. The maximum Gasteiger partial charge on any atom is 0.261 e. The van der Waals surface area contributed by atoms with Crippen molar-refractivity contribution in [1.29, 1.82) is 0 Å². The summed E-state index contributed by atoms with van der Waals surface area (Å²) in [6.07, 6.45) is 0. The minimum Gasteiger partial charge on any atom is -0.270 e. The quantitative estimate of drug-likeness (QED) is 0.779. The van der Waals surface area contributed by atoms with Crippen LogP contribution in [0, 0.1) is 0 Å². The van der Waals surface area contributed by atoms with Gasteiger partial charge in [0.1, 0.15) is 0 Å². The van der Waals surface area contributed by atoms with E-state index in [1.165, 1.54) is 4.90 Å². The molecule has 2 amide bonds. The molecule has 18 heavy (non-hydrogen) atoms. The smallest absolute Gasteiger partial charge is 0.261 e. The van der Waals surface area contributed by atoms with E-state index >= 15 is 0 Å². The molecule has 2 aliphatic rings. The molecule has 94 valence electrons. The Kier molecular flexibility index (Phi) is 3.11. The summed E-state index contributed by atoms with van der Waals surface area (Å²) in [5.74, 6) is 1.92. The van der Waals surface area contributed by atoms with Crippen LogP contribution in [0.15, 0.2) is 24.3 Å². The van der Waals surface area contributed by atoms with Crippen LogP contribution in [0.1, 0.15) is 27.6 Å². The van der Waals surface area contributed by atoms with Gasteiger partial charge in [0.25, 0.3) is 11.8 Å². The summed E-state index contributed by atoms with van der Waals surface area (Å²) in [6.45, 7) is 1.97. The van der Waals surface area contributed by atoms with Crippen LogP contribution in [0.2, 0.25) is 0 Å². The van der Waals surface area contributed by atoms with E-state index in [9.17, 15) is 9.59 Å². The van der Waals surface area contributed by atoms with Gasteiger partial charge in [0.05, 0.1) is 21.8 Å². The Hall–Kier alpha value is -0.940. The minimum atomic E-state index is -0.142. The molecule has 1 saturated heterocycles. The first-order valence-electron chi connectivity index (χ1n) is 5.90. The Bertz CT molecular complexity index is 476. The van der Waals surface area contributed by atoms with Crippen molar-refractivity contribution in [3.05, 3.63) is 35.4 Å². The Morgan fingerprint density at radius 3 is 2.11 bits per heavy atom. The van der Waals surface area contributed by atoms with E-state index in [4.69, 9.17) is 0 Å². The third kappa shape index (κ3) is 1.77. The number of imide groups is 1. The zero-order chi connectivity index (χ0) is 12.7. The van der Waals surface area contributed by atoms with Crippen LogP contribution in [0.25, 0.3) is 0 Å². The first-order chi connectivity index (χ1) is 8.70. The van der Waals surface area contributed by atoms with E-state index in [0.717, 1.165) is 11.5 Å². The number of amides is 2. The molecule has 0 N–H and O–H groups in total. The van der Waals surface area contributed by atoms with E-state index in [-0.39, 0.29) is 17.9 Å². The molecule has 0 aromatic heterocycles. The second kappa shape index (κ2) is 4.63. The van der Waals surface area contributed by atoms with Gasteiger partial charge in [-0.3, -0.25) is 14.5 Å². The first kappa shape index (κ1) is 12.1. The van der Waals surface area contributed by atoms with Crippen molar-refractivity contribution >= 4 is 35.3 Å². The van der Waals surface area contributed by atoms with Gasteiger partial charge in [0, 0.05) is 11.5 Å².